The zero-order valence-corrected chi connectivity index (χ0v) is 20.1. The molecule has 3 aliphatic heterocycles. The molecule has 180 valence electrons. The SMILES string of the molecule is C1COCCN1.C1COCC[NH2+]1.CCOC(=O)C1=C(C)NC(=S)C(=C=[N-])C1c1cccnc1. The van der Waals surface area contributed by atoms with Crippen molar-refractivity contribution in [3.63, 3.8) is 0 Å². The van der Waals surface area contributed by atoms with E-state index in [0.717, 1.165) is 58.2 Å². The summed E-state index contributed by atoms with van der Waals surface area (Å²) in [5.74, 6) is 1.10. The lowest BCUT2D eigenvalue weighted by molar-refractivity contribution is -0.670. The van der Waals surface area contributed by atoms with Crippen molar-refractivity contribution < 1.29 is 24.3 Å². The molecule has 4 heterocycles. The van der Waals surface area contributed by atoms with Crippen LogP contribution < -0.4 is 16.0 Å². The van der Waals surface area contributed by atoms with Gasteiger partial charge in [0.2, 0.25) is 0 Å². The van der Waals surface area contributed by atoms with Crippen LogP contribution in [0.4, 0.5) is 0 Å². The lowest BCUT2D eigenvalue weighted by Gasteiger charge is -2.30. The topological polar surface area (TPSA) is 121 Å². The van der Waals surface area contributed by atoms with E-state index in [4.69, 9.17) is 26.4 Å². The number of rotatable bonds is 3. The van der Waals surface area contributed by atoms with Crippen LogP contribution in [-0.2, 0) is 19.0 Å². The molecular formula is C23H33N5O4S. The molecule has 9 nitrogen and oxygen atoms in total. The smallest absolute Gasteiger partial charge is 0.336 e. The van der Waals surface area contributed by atoms with Gasteiger partial charge in [-0.25, -0.2) is 4.79 Å². The lowest BCUT2D eigenvalue weighted by Crippen LogP contribution is -2.87. The Morgan fingerprint density at radius 3 is 2.42 bits per heavy atom. The summed E-state index contributed by atoms with van der Waals surface area (Å²) >= 11 is 5.21. The van der Waals surface area contributed by atoms with Crippen LogP contribution in [0.5, 0.6) is 0 Å². The normalized spacial score (nSPS) is 20.2. The predicted octanol–water partition coefficient (Wildman–Crippen LogP) is 0.285. The fourth-order valence-electron chi connectivity index (χ4n) is 3.37. The minimum absolute atomic E-state index is 0.266. The molecule has 0 amide bonds. The van der Waals surface area contributed by atoms with Crippen molar-refractivity contribution in [3.05, 3.63) is 52.3 Å². The summed E-state index contributed by atoms with van der Waals surface area (Å²) in [6, 6.07) is 3.57. The second-order valence-corrected chi connectivity index (χ2v) is 7.71. The Labute approximate surface area is 200 Å². The van der Waals surface area contributed by atoms with Gasteiger partial charge in [-0.05, 0) is 25.5 Å². The number of carbonyl (C=O) groups excluding carboxylic acids is 1. The molecule has 4 N–H and O–H groups in total. The maximum absolute atomic E-state index is 12.3. The molecule has 0 bridgehead atoms. The molecule has 4 rings (SSSR count). The molecule has 10 heteroatoms. The maximum atomic E-state index is 12.3. The van der Waals surface area contributed by atoms with Crippen LogP contribution in [0.3, 0.4) is 0 Å². The molecule has 2 saturated heterocycles. The minimum Gasteiger partial charge on any atom is -0.763 e. The molecule has 1 unspecified atom stereocenters. The molecule has 1 aromatic rings. The highest BCUT2D eigenvalue weighted by Gasteiger charge is 2.34. The summed E-state index contributed by atoms with van der Waals surface area (Å²) in [6.45, 7) is 11.8. The Morgan fingerprint density at radius 1 is 1.30 bits per heavy atom. The zero-order valence-electron chi connectivity index (χ0n) is 19.3. The van der Waals surface area contributed by atoms with Gasteiger partial charge in [0.05, 0.1) is 57.6 Å². The Morgan fingerprint density at radius 2 is 2.00 bits per heavy atom. The Hall–Kier alpha value is -2.46. The van der Waals surface area contributed by atoms with Gasteiger partial charge in [0.1, 0.15) is 4.99 Å². The van der Waals surface area contributed by atoms with Gasteiger partial charge in [-0.2, -0.15) is 0 Å². The molecule has 0 aliphatic carbocycles. The van der Waals surface area contributed by atoms with Crippen molar-refractivity contribution in [2.45, 2.75) is 19.8 Å². The highest BCUT2D eigenvalue weighted by atomic mass is 32.1. The summed E-state index contributed by atoms with van der Waals surface area (Å²) in [5, 5.41) is 17.7. The summed E-state index contributed by atoms with van der Waals surface area (Å²) in [6.07, 6.45) is 3.26. The highest BCUT2D eigenvalue weighted by Crippen LogP contribution is 2.36. The van der Waals surface area contributed by atoms with Crippen molar-refractivity contribution in [1.29, 1.82) is 0 Å². The van der Waals surface area contributed by atoms with Crippen molar-refractivity contribution in [3.8, 4) is 0 Å². The molecule has 0 spiro atoms. The first-order chi connectivity index (χ1) is 16.1. The molecule has 0 aromatic carbocycles. The predicted molar refractivity (Wildman–Crippen MR) is 130 cm³/mol. The van der Waals surface area contributed by atoms with E-state index in [1.807, 2.05) is 6.07 Å². The second-order valence-electron chi connectivity index (χ2n) is 7.30. The van der Waals surface area contributed by atoms with E-state index in [1.54, 1.807) is 32.3 Å². The lowest BCUT2D eigenvalue weighted by atomic mass is 9.82. The highest BCUT2D eigenvalue weighted by molar-refractivity contribution is 7.80. The molecule has 0 saturated carbocycles. The van der Waals surface area contributed by atoms with Gasteiger partial charge < -0.3 is 35.6 Å². The van der Waals surface area contributed by atoms with Crippen molar-refractivity contribution in [2.24, 2.45) is 0 Å². The second kappa shape index (κ2) is 15.4. The van der Waals surface area contributed by atoms with Gasteiger partial charge in [-0.1, -0.05) is 18.3 Å². The van der Waals surface area contributed by atoms with Crippen molar-refractivity contribution in [1.82, 2.24) is 15.6 Å². The van der Waals surface area contributed by atoms with Crippen LogP contribution in [0.15, 0.2) is 41.4 Å². The van der Waals surface area contributed by atoms with Crippen molar-refractivity contribution >= 4 is 29.0 Å². The van der Waals surface area contributed by atoms with Crippen LogP contribution in [-0.4, -0.2) is 81.0 Å². The standard InChI is InChI=1S/C15H14N3O2S.2C4H9NO/c1-3-20-15(19)12-9(2)18-14(21)11(7-16)13(12)10-5-4-6-17-8-10;2*1-3-6-4-2-5-1/h4-6,8,13H,3H2,1-2H3,(H,18,21);2*5H,1-4H2/q-1;;/p+1. The third-order valence-electron chi connectivity index (χ3n) is 4.94. The van der Waals surface area contributed by atoms with E-state index >= 15 is 0 Å². The number of morpholine rings is 2. The van der Waals surface area contributed by atoms with E-state index in [1.165, 1.54) is 0 Å². The van der Waals surface area contributed by atoms with E-state index in [2.05, 4.69) is 26.8 Å². The van der Waals surface area contributed by atoms with Crippen LogP contribution in [0.2, 0.25) is 0 Å². The third-order valence-corrected chi connectivity index (χ3v) is 5.26. The van der Waals surface area contributed by atoms with Crippen LogP contribution in [0, 0.1) is 0 Å². The van der Waals surface area contributed by atoms with E-state index < -0.39 is 11.9 Å². The number of ether oxygens (including phenoxy) is 3. The Bertz CT molecular complexity index is 813. The molecule has 1 atom stereocenters. The number of aromatic nitrogens is 1. The number of nitrogens with zero attached hydrogens (tertiary/aromatic N) is 2. The zero-order chi connectivity index (χ0) is 23.9. The number of nitrogens with one attached hydrogen (secondary N) is 2. The average molecular weight is 476 g/mol. The van der Waals surface area contributed by atoms with E-state index in [0.29, 0.717) is 21.8 Å². The number of esters is 1. The summed E-state index contributed by atoms with van der Waals surface area (Å²) in [5.41, 5.74) is 2.06. The van der Waals surface area contributed by atoms with Crippen LogP contribution in [0.1, 0.15) is 25.3 Å². The van der Waals surface area contributed by atoms with Gasteiger partial charge in [0, 0.05) is 36.8 Å². The molecule has 33 heavy (non-hydrogen) atoms. The summed E-state index contributed by atoms with van der Waals surface area (Å²) < 4.78 is 15.2. The summed E-state index contributed by atoms with van der Waals surface area (Å²) in [4.78, 5) is 16.6. The minimum atomic E-state index is -0.545. The van der Waals surface area contributed by atoms with Gasteiger partial charge in [-0.15, -0.1) is 0 Å². The first-order valence-electron chi connectivity index (χ1n) is 11.1. The fraction of sp³-hybridized carbons (Fsp3) is 0.522. The van der Waals surface area contributed by atoms with Crippen molar-refractivity contribution in [2.75, 3.05) is 59.2 Å². The van der Waals surface area contributed by atoms with Gasteiger partial charge in [-0.3, -0.25) is 10.9 Å². The maximum Gasteiger partial charge on any atom is 0.336 e. The number of nitrogens with two attached hydrogens (primary N) is 1. The quantitative estimate of drug-likeness (QED) is 0.247. The average Bonchev–Trinajstić information content (AvgIpc) is 2.87. The number of carbonyl (C=O) groups is 1. The van der Waals surface area contributed by atoms with E-state index in [9.17, 15) is 10.2 Å². The molecule has 1 aromatic heterocycles. The first-order valence-corrected chi connectivity index (χ1v) is 11.5. The number of hydrogen-bond donors (Lipinski definition) is 3. The number of allylic oxidation sites excluding steroid dienone is 1. The van der Waals surface area contributed by atoms with Gasteiger partial charge >= 0.3 is 5.97 Å². The Balaban J connectivity index is 0.000000258. The molecule has 2 fully saturated rings. The number of pyridine rings is 1. The van der Waals surface area contributed by atoms with E-state index in [-0.39, 0.29) is 6.61 Å². The molecular weight excluding hydrogens is 442 g/mol. The van der Waals surface area contributed by atoms with Gasteiger partial charge in [0.25, 0.3) is 0 Å². The molecule has 0 radical (unpaired) electrons. The summed E-state index contributed by atoms with van der Waals surface area (Å²) in [7, 11) is 0. The largest absolute Gasteiger partial charge is 0.763 e. The van der Waals surface area contributed by atoms with Gasteiger partial charge in [0.15, 0.2) is 0 Å². The molecule has 3 aliphatic rings. The Kier molecular flexibility index (Phi) is 12.5. The number of hydrogen-bond acceptors (Lipinski definition) is 7. The number of thiocarbonyl (C=S) groups is 1. The van der Waals surface area contributed by atoms with Crippen LogP contribution >= 0.6 is 12.2 Å². The first kappa shape index (κ1) is 26.8. The van der Waals surface area contributed by atoms with Crippen LogP contribution in [0.25, 0.3) is 5.41 Å². The monoisotopic (exact) mass is 475 g/mol. The fourth-order valence-corrected chi connectivity index (χ4v) is 3.68. The third kappa shape index (κ3) is 8.77. The number of quaternary nitrogens is 1.